The molecular formula is C15H17NO2. The minimum atomic E-state index is -0.0706. The number of benzene rings is 1. The van der Waals surface area contributed by atoms with E-state index in [4.69, 9.17) is 0 Å². The van der Waals surface area contributed by atoms with Crippen LogP contribution in [0.5, 0.6) is 0 Å². The highest BCUT2D eigenvalue weighted by molar-refractivity contribution is 6.00. The van der Waals surface area contributed by atoms with Crippen LogP contribution < -0.4 is 0 Å². The molecule has 3 heteroatoms. The number of hydrogen-bond donors (Lipinski definition) is 0. The number of para-hydroxylation sites is 1. The molecule has 0 radical (unpaired) electrons. The van der Waals surface area contributed by atoms with E-state index in [2.05, 4.69) is 4.99 Å². The molecule has 0 aromatic heterocycles. The van der Waals surface area contributed by atoms with Crippen LogP contribution in [0.1, 0.15) is 43.0 Å². The first kappa shape index (κ1) is 12.7. The van der Waals surface area contributed by atoms with Crippen molar-refractivity contribution in [3.63, 3.8) is 0 Å². The molecule has 3 nitrogen and oxygen atoms in total. The smallest absolute Gasteiger partial charge is 0.161 e. The lowest BCUT2D eigenvalue weighted by molar-refractivity contribution is -0.122. The van der Waals surface area contributed by atoms with Gasteiger partial charge in [0.1, 0.15) is 5.78 Å². The quantitative estimate of drug-likeness (QED) is 0.603. The lowest BCUT2D eigenvalue weighted by Crippen LogP contribution is -2.19. The summed E-state index contributed by atoms with van der Waals surface area (Å²) >= 11 is 0. The summed E-state index contributed by atoms with van der Waals surface area (Å²) in [4.78, 5) is 27.5. The normalized spacial score (nSPS) is 20.3. The minimum Gasteiger partial charge on any atom is -0.299 e. The molecule has 0 aliphatic heterocycles. The van der Waals surface area contributed by atoms with Gasteiger partial charge in [-0.1, -0.05) is 18.6 Å². The van der Waals surface area contributed by atoms with Gasteiger partial charge in [-0.3, -0.25) is 14.6 Å². The Morgan fingerprint density at radius 3 is 2.83 bits per heavy atom. The first-order valence-electron chi connectivity index (χ1n) is 6.35. The van der Waals surface area contributed by atoms with E-state index >= 15 is 0 Å². The molecule has 1 aromatic carbocycles. The molecule has 0 saturated heterocycles. The van der Waals surface area contributed by atoms with E-state index in [1.54, 1.807) is 18.3 Å². The molecule has 1 aromatic rings. The van der Waals surface area contributed by atoms with E-state index in [9.17, 15) is 9.59 Å². The molecule has 0 unspecified atom stereocenters. The van der Waals surface area contributed by atoms with Gasteiger partial charge in [-0.05, 0) is 31.9 Å². The lowest BCUT2D eigenvalue weighted by Gasteiger charge is -2.16. The van der Waals surface area contributed by atoms with Crippen LogP contribution in [0.25, 0.3) is 0 Å². The van der Waals surface area contributed by atoms with Crippen molar-refractivity contribution < 1.29 is 9.59 Å². The lowest BCUT2D eigenvalue weighted by atomic mass is 9.89. The van der Waals surface area contributed by atoms with Crippen molar-refractivity contribution in [1.29, 1.82) is 0 Å². The van der Waals surface area contributed by atoms with Gasteiger partial charge in [0.15, 0.2) is 5.78 Å². The number of hydrogen-bond acceptors (Lipinski definition) is 3. The standard InChI is InChI=1S/C15H17NO2/c1-11(17)13-7-3-4-8-14(13)16-10-12-6-2-5-9-15(12)18/h3-4,7-8,10,12H,2,5-6,9H2,1H3/t12-/m1/s1. The average Bonchev–Trinajstić information content (AvgIpc) is 2.38. The second kappa shape index (κ2) is 5.71. The monoisotopic (exact) mass is 243 g/mol. The van der Waals surface area contributed by atoms with E-state index in [1.165, 1.54) is 6.92 Å². The van der Waals surface area contributed by atoms with Crippen LogP contribution in [0.2, 0.25) is 0 Å². The van der Waals surface area contributed by atoms with Crippen LogP contribution in [0.4, 0.5) is 5.69 Å². The predicted molar refractivity (Wildman–Crippen MR) is 71.6 cm³/mol. The molecule has 0 spiro atoms. The summed E-state index contributed by atoms with van der Waals surface area (Å²) in [6.45, 7) is 1.53. The molecular weight excluding hydrogens is 226 g/mol. The molecule has 18 heavy (non-hydrogen) atoms. The predicted octanol–water partition coefficient (Wildman–Crippen LogP) is 3.35. The molecule has 1 aliphatic rings. The number of aliphatic imine (C=N–C) groups is 1. The zero-order valence-electron chi connectivity index (χ0n) is 10.6. The molecule has 0 amide bonds. The zero-order valence-corrected chi connectivity index (χ0v) is 10.6. The van der Waals surface area contributed by atoms with Gasteiger partial charge in [0.05, 0.1) is 11.6 Å². The van der Waals surface area contributed by atoms with Gasteiger partial charge in [-0.25, -0.2) is 0 Å². The number of nitrogens with zero attached hydrogens (tertiary/aromatic N) is 1. The Balaban J connectivity index is 2.18. The number of ketones is 2. The number of carbonyl (C=O) groups is 2. The van der Waals surface area contributed by atoms with Crippen molar-refractivity contribution in [2.24, 2.45) is 10.9 Å². The van der Waals surface area contributed by atoms with Gasteiger partial charge in [-0.15, -0.1) is 0 Å². The molecule has 2 rings (SSSR count). The summed E-state index contributed by atoms with van der Waals surface area (Å²) in [6, 6.07) is 7.24. The van der Waals surface area contributed by atoms with Crippen molar-refractivity contribution in [2.75, 3.05) is 0 Å². The molecule has 1 atom stereocenters. The second-order valence-corrected chi connectivity index (χ2v) is 4.67. The fourth-order valence-corrected chi connectivity index (χ4v) is 2.22. The molecule has 0 heterocycles. The fraction of sp³-hybridized carbons (Fsp3) is 0.400. The van der Waals surface area contributed by atoms with Gasteiger partial charge in [0.25, 0.3) is 0 Å². The summed E-state index contributed by atoms with van der Waals surface area (Å²) in [7, 11) is 0. The van der Waals surface area contributed by atoms with Crippen LogP contribution in [-0.4, -0.2) is 17.8 Å². The van der Waals surface area contributed by atoms with Gasteiger partial charge >= 0.3 is 0 Å². The Morgan fingerprint density at radius 1 is 1.33 bits per heavy atom. The van der Waals surface area contributed by atoms with Crippen LogP contribution in [0, 0.1) is 5.92 Å². The molecule has 1 fully saturated rings. The maximum atomic E-state index is 11.7. The van der Waals surface area contributed by atoms with E-state index < -0.39 is 0 Å². The van der Waals surface area contributed by atoms with Crippen molar-refractivity contribution >= 4 is 23.5 Å². The Morgan fingerprint density at radius 2 is 2.11 bits per heavy atom. The first-order chi connectivity index (χ1) is 8.68. The van der Waals surface area contributed by atoms with Crippen LogP contribution in [-0.2, 0) is 4.79 Å². The average molecular weight is 243 g/mol. The largest absolute Gasteiger partial charge is 0.299 e. The third-order valence-electron chi connectivity index (χ3n) is 3.28. The highest BCUT2D eigenvalue weighted by atomic mass is 16.1. The molecule has 0 N–H and O–H groups in total. The first-order valence-corrected chi connectivity index (χ1v) is 6.35. The SMILES string of the molecule is CC(=O)c1ccccc1N=C[C@H]1CCCCC1=O. The number of rotatable bonds is 3. The van der Waals surface area contributed by atoms with Gasteiger partial charge in [0, 0.05) is 18.2 Å². The Kier molecular flexibility index (Phi) is 4.03. The Labute approximate surface area is 107 Å². The summed E-state index contributed by atoms with van der Waals surface area (Å²) in [6.07, 6.45) is 5.32. The summed E-state index contributed by atoms with van der Waals surface area (Å²) < 4.78 is 0. The third kappa shape index (κ3) is 2.92. The second-order valence-electron chi connectivity index (χ2n) is 4.67. The van der Waals surface area contributed by atoms with Crippen LogP contribution in [0.3, 0.4) is 0 Å². The summed E-state index contributed by atoms with van der Waals surface area (Å²) in [5, 5.41) is 0. The molecule has 94 valence electrons. The molecule has 1 aliphatic carbocycles. The Hall–Kier alpha value is -1.77. The third-order valence-corrected chi connectivity index (χ3v) is 3.28. The zero-order chi connectivity index (χ0) is 13.0. The van der Waals surface area contributed by atoms with E-state index in [0.717, 1.165) is 19.3 Å². The maximum Gasteiger partial charge on any atom is 0.161 e. The number of Topliss-reactive ketones (excluding diaryl/α,β-unsaturated/α-hetero) is 2. The van der Waals surface area contributed by atoms with Crippen LogP contribution >= 0.6 is 0 Å². The molecule has 1 saturated carbocycles. The molecule has 0 bridgehead atoms. The maximum absolute atomic E-state index is 11.7. The summed E-state index contributed by atoms with van der Waals surface area (Å²) in [5.74, 6) is 0.196. The van der Waals surface area contributed by atoms with Crippen LogP contribution in [0.15, 0.2) is 29.3 Å². The topological polar surface area (TPSA) is 46.5 Å². The Bertz CT molecular complexity index is 491. The van der Waals surface area contributed by atoms with Crippen molar-refractivity contribution in [3.8, 4) is 0 Å². The van der Waals surface area contributed by atoms with E-state index in [1.807, 2.05) is 12.1 Å². The minimum absolute atomic E-state index is 0.00211. The van der Waals surface area contributed by atoms with Gasteiger partial charge < -0.3 is 0 Å². The van der Waals surface area contributed by atoms with Crippen molar-refractivity contribution in [2.45, 2.75) is 32.6 Å². The highest BCUT2D eigenvalue weighted by Crippen LogP contribution is 2.22. The summed E-state index contributed by atoms with van der Waals surface area (Å²) in [5.41, 5.74) is 1.26. The van der Waals surface area contributed by atoms with Crippen molar-refractivity contribution in [3.05, 3.63) is 29.8 Å². The highest BCUT2D eigenvalue weighted by Gasteiger charge is 2.20. The van der Waals surface area contributed by atoms with E-state index in [0.29, 0.717) is 17.7 Å². The number of carbonyl (C=O) groups excluding carboxylic acids is 2. The van der Waals surface area contributed by atoms with Gasteiger partial charge in [-0.2, -0.15) is 0 Å². The van der Waals surface area contributed by atoms with E-state index in [-0.39, 0.29) is 17.5 Å². The van der Waals surface area contributed by atoms with Gasteiger partial charge in [0.2, 0.25) is 0 Å². The fourth-order valence-electron chi connectivity index (χ4n) is 2.22. The van der Waals surface area contributed by atoms with Crippen molar-refractivity contribution in [1.82, 2.24) is 0 Å².